The van der Waals surface area contributed by atoms with E-state index in [1.165, 1.54) is 18.2 Å². The summed E-state index contributed by atoms with van der Waals surface area (Å²) in [4.78, 5) is 30.6. The van der Waals surface area contributed by atoms with Crippen LogP contribution in [-0.4, -0.2) is 65.6 Å². The van der Waals surface area contributed by atoms with Crippen LogP contribution in [0.4, 0.5) is 23.2 Å². The van der Waals surface area contributed by atoms with E-state index >= 15 is 0 Å². The predicted octanol–water partition coefficient (Wildman–Crippen LogP) is 7.48. The Morgan fingerprint density at radius 2 is 1.75 bits per heavy atom. The Morgan fingerprint density at radius 1 is 1.06 bits per heavy atom. The van der Waals surface area contributed by atoms with Gasteiger partial charge in [-0.1, -0.05) is 43.3 Å². The molecule has 5 rings (SSSR count). The van der Waals surface area contributed by atoms with Gasteiger partial charge in [0.05, 0.1) is 35.9 Å². The lowest BCUT2D eigenvalue weighted by molar-refractivity contribution is -0.137. The number of ether oxygens (including phenoxy) is 2. The highest BCUT2D eigenvalue weighted by molar-refractivity contribution is 6.02. The molecule has 1 heterocycles. The topological polar surface area (TPSA) is 91.3 Å². The van der Waals surface area contributed by atoms with Crippen LogP contribution in [0.3, 0.4) is 0 Å². The predicted molar refractivity (Wildman–Crippen MR) is 185 cm³/mol. The van der Waals surface area contributed by atoms with Crippen LogP contribution in [0.5, 0.6) is 17.2 Å². The first kappa shape index (κ1) is 37.3. The lowest BCUT2D eigenvalue weighted by atomic mass is 9.98. The Morgan fingerprint density at radius 3 is 2.39 bits per heavy atom. The van der Waals surface area contributed by atoms with E-state index in [1.807, 2.05) is 26.1 Å². The number of carbonyl (C=O) groups excluding carboxylic acids is 2. The number of carbonyl (C=O) groups is 2. The van der Waals surface area contributed by atoms with Crippen molar-refractivity contribution in [2.45, 2.75) is 52.1 Å². The summed E-state index contributed by atoms with van der Waals surface area (Å²) >= 11 is 0. The molecule has 1 aliphatic rings. The van der Waals surface area contributed by atoms with Crippen molar-refractivity contribution in [2.75, 3.05) is 32.1 Å². The third kappa shape index (κ3) is 9.44. The molecule has 0 saturated heterocycles. The van der Waals surface area contributed by atoms with E-state index in [0.717, 1.165) is 23.3 Å². The van der Waals surface area contributed by atoms with Crippen LogP contribution in [-0.2, 0) is 23.9 Å². The number of nitrogens with one attached hydrogen (secondary N) is 1. The zero-order valence-corrected chi connectivity index (χ0v) is 28.8. The van der Waals surface area contributed by atoms with Crippen molar-refractivity contribution in [3.8, 4) is 17.2 Å². The average molecular weight is 708 g/mol. The Hall–Kier alpha value is -4.94. The number of aliphatic hydroxyl groups is 1. The molecule has 4 aromatic rings. The summed E-state index contributed by atoms with van der Waals surface area (Å²) in [6.07, 6.45) is -5.15. The van der Waals surface area contributed by atoms with Crippen molar-refractivity contribution in [3.05, 3.63) is 119 Å². The molecule has 0 saturated carbocycles. The average Bonchev–Trinajstić information content (AvgIpc) is 3.08. The summed E-state index contributed by atoms with van der Waals surface area (Å²) in [6.45, 7) is 6.53. The van der Waals surface area contributed by atoms with Gasteiger partial charge >= 0.3 is 6.18 Å². The zero-order chi connectivity index (χ0) is 36.9. The van der Waals surface area contributed by atoms with Crippen molar-refractivity contribution in [1.29, 1.82) is 0 Å². The molecule has 3 atom stereocenters. The molecule has 51 heavy (non-hydrogen) atoms. The van der Waals surface area contributed by atoms with E-state index in [9.17, 15) is 32.3 Å². The lowest BCUT2D eigenvalue weighted by Crippen LogP contribution is -2.49. The molecule has 0 spiro atoms. The van der Waals surface area contributed by atoms with Gasteiger partial charge in [0.25, 0.3) is 5.91 Å². The van der Waals surface area contributed by atoms with Crippen molar-refractivity contribution < 1.29 is 41.7 Å². The maximum absolute atomic E-state index is 14.3. The number of hydrogen-bond donors (Lipinski definition) is 2. The number of alkyl halides is 3. The molecule has 0 fully saturated rings. The molecule has 0 unspecified atom stereocenters. The molecule has 2 amide bonds. The second kappa shape index (κ2) is 15.9. The van der Waals surface area contributed by atoms with Crippen molar-refractivity contribution in [1.82, 2.24) is 9.80 Å². The number of hydrogen-bond acceptors (Lipinski definition) is 6. The molecule has 0 aliphatic carbocycles. The fraction of sp³-hybridized carbons (Fsp3) is 0.333. The van der Waals surface area contributed by atoms with Crippen LogP contribution < -0.4 is 14.8 Å². The normalized spacial score (nSPS) is 16.9. The summed E-state index contributed by atoms with van der Waals surface area (Å²) in [5, 5.41) is 12.8. The first-order valence-corrected chi connectivity index (χ1v) is 16.6. The largest absolute Gasteiger partial charge is 0.486 e. The van der Waals surface area contributed by atoms with Gasteiger partial charge in [-0.3, -0.25) is 14.5 Å². The van der Waals surface area contributed by atoms with Gasteiger partial charge in [0, 0.05) is 25.6 Å². The zero-order valence-electron chi connectivity index (χ0n) is 28.8. The quantitative estimate of drug-likeness (QED) is 0.157. The number of nitrogens with zero attached hydrogens (tertiary/aromatic N) is 2. The summed E-state index contributed by atoms with van der Waals surface area (Å²) in [7, 11) is 1.93. The third-order valence-electron chi connectivity index (χ3n) is 8.79. The molecule has 2 N–H and O–H groups in total. The SMILES string of the molecule is Cc1ccc(Oc2ccc(CN(C)C[C@H]3Oc4c(NC(=O)Cc5ccc(C(F)(F)F)cc5)cccc4C(=O)N([C@@H](C)CO)C[C@H]3C)cc2)c(F)c1. The van der Waals surface area contributed by atoms with Crippen LogP contribution in [0, 0.1) is 18.7 Å². The number of anilines is 1. The van der Waals surface area contributed by atoms with Gasteiger partial charge in [-0.15, -0.1) is 0 Å². The first-order valence-electron chi connectivity index (χ1n) is 16.6. The lowest BCUT2D eigenvalue weighted by Gasteiger charge is -2.38. The van der Waals surface area contributed by atoms with Gasteiger partial charge in [0.2, 0.25) is 5.91 Å². The highest BCUT2D eigenvalue weighted by atomic mass is 19.4. The summed E-state index contributed by atoms with van der Waals surface area (Å²) in [6, 6.07) is 20.8. The van der Waals surface area contributed by atoms with E-state index in [4.69, 9.17) is 9.47 Å². The summed E-state index contributed by atoms with van der Waals surface area (Å²) in [5.41, 5.74) is 1.80. The Balaban J connectivity index is 1.33. The van der Waals surface area contributed by atoms with Crippen LogP contribution in [0.15, 0.2) is 84.9 Å². The Labute approximate surface area is 294 Å². The van der Waals surface area contributed by atoms with Crippen LogP contribution >= 0.6 is 0 Å². The van der Waals surface area contributed by atoms with Crippen molar-refractivity contribution in [2.24, 2.45) is 5.92 Å². The molecular weight excluding hydrogens is 666 g/mol. The number of aliphatic hydroxyl groups excluding tert-OH is 1. The molecule has 8 nitrogen and oxygen atoms in total. The Kier molecular flexibility index (Phi) is 11.7. The van der Waals surface area contributed by atoms with E-state index in [0.29, 0.717) is 30.9 Å². The standard InChI is InChI=1S/C39H41F4N3O5/c1-24-8-17-34(32(40)18-24)50-30-15-11-28(12-16-30)21-45(4)22-35-25(2)20-46(26(3)23-47)38(49)31-6-5-7-33(37(31)51-35)44-36(48)19-27-9-13-29(14-10-27)39(41,42)43/h5-18,25-26,35,47H,19-23H2,1-4H3,(H,44,48)/t25-,26+,35-/m1/s1. The molecule has 12 heteroatoms. The molecule has 0 aromatic heterocycles. The molecule has 0 radical (unpaired) electrons. The second-order valence-electron chi connectivity index (χ2n) is 13.1. The number of aryl methyl sites for hydroxylation is 1. The maximum Gasteiger partial charge on any atom is 0.416 e. The molecule has 270 valence electrons. The van der Waals surface area contributed by atoms with Gasteiger partial charge in [0.15, 0.2) is 17.3 Å². The highest BCUT2D eigenvalue weighted by Crippen LogP contribution is 2.36. The fourth-order valence-electron chi connectivity index (χ4n) is 5.91. The summed E-state index contributed by atoms with van der Waals surface area (Å²) in [5.74, 6) is -0.696. The van der Waals surface area contributed by atoms with Gasteiger partial charge < -0.3 is 24.8 Å². The number of likely N-dealkylation sites (N-methyl/N-ethyl adjacent to an activating group) is 1. The van der Waals surface area contributed by atoms with E-state index in [1.54, 1.807) is 61.2 Å². The highest BCUT2D eigenvalue weighted by Gasteiger charge is 2.35. The van der Waals surface area contributed by atoms with Gasteiger partial charge in [0.1, 0.15) is 11.9 Å². The van der Waals surface area contributed by atoms with Crippen LogP contribution in [0.2, 0.25) is 0 Å². The number of halogens is 4. The fourth-order valence-corrected chi connectivity index (χ4v) is 5.91. The minimum Gasteiger partial charge on any atom is -0.486 e. The van der Waals surface area contributed by atoms with Gasteiger partial charge in [-0.25, -0.2) is 4.39 Å². The summed E-state index contributed by atoms with van der Waals surface area (Å²) < 4.78 is 65.7. The minimum absolute atomic E-state index is 0.138. The van der Waals surface area contributed by atoms with Crippen molar-refractivity contribution >= 4 is 17.5 Å². The van der Waals surface area contributed by atoms with E-state index < -0.39 is 35.6 Å². The maximum atomic E-state index is 14.3. The third-order valence-corrected chi connectivity index (χ3v) is 8.79. The molecular formula is C39H41F4N3O5. The van der Waals surface area contributed by atoms with E-state index in [2.05, 4.69) is 10.2 Å². The number of rotatable bonds is 11. The first-order chi connectivity index (χ1) is 24.2. The molecule has 4 aromatic carbocycles. The number of benzene rings is 4. The molecule has 1 aliphatic heterocycles. The second-order valence-corrected chi connectivity index (χ2v) is 13.1. The monoisotopic (exact) mass is 707 g/mol. The minimum atomic E-state index is -4.49. The van der Waals surface area contributed by atoms with Gasteiger partial charge in [-0.05, 0) is 86.1 Å². The van der Waals surface area contributed by atoms with E-state index in [-0.39, 0.29) is 47.6 Å². The number of amides is 2. The van der Waals surface area contributed by atoms with Crippen LogP contribution in [0.25, 0.3) is 0 Å². The van der Waals surface area contributed by atoms with Crippen molar-refractivity contribution in [3.63, 3.8) is 0 Å². The molecule has 0 bridgehead atoms. The number of fused-ring (bicyclic) bond motifs is 1. The smallest absolute Gasteiger partial charge is 0.416 e. The van der Waals surface area contributed by atoms with Crippen LogP contribution in [0.1, 0.15) is 46.5 Å². The number of para-hydroxylation sites is 1. The van der Waals surface area contributed by atoms with Gasteiger partial charge in [-0.2, -0.15) is 13.2 Å². The Bertz CT molecular complexity index is 1830.